The highest BCUT2D eigenvalue weighted by Gasteiger charge is 2.33. The SMILES string of the molecule is C=C1CC=C(c2ccc(C3CCC=C(CCC)CC3)cc2)C=C1/C(=C\C=N/C)N1CC/C=C(\C(=O)N2CC(C#N)C2)C[C@H](C)C1. The number of carbonyl (C=O) groups excluding carboxylic acids is 1. The molecular formula is C40H50N4O. The van der Waals surface area contributed by atoms with E-state index in [-0.39, 0.29) is 11.8 Å². The standard InChI is InChI=1S/C40H50N4O/c1-5-8-31-9-6-10-33(15-13-31)34-16-18-35(19-17-34)36-14-12-30(3)38(24-36)39(20-21-42-4)43-22-7-11-37(23-29(2)26-43)40(45)44-27-32(25-41)28-44/h9,11,14,16-21,24,29,32-33H,3,5-8,10,12-13,15,22-23,26-28H2,1-2,4H3/b37-11-,39-20+,42-21-/t29-,33?/m0/s1. The summed E-state index contributed by atoms with van der Waals surface area (Å²) in [5, 5.41) is 9.12. The molecule has 0 spiro atoms. The number of amides is 1. The molecule has 2 atom stereocenters. The maximum atomic E-state index is 13.1. The van der Waals surface area contributed by atoms with Gasteiger partial charge in [0, 0.05) is 56.3 Å². The number of hydrogen-bond donors (Lipinski definition) is 0. The van der Waals surface area contributed by atoms with Gasteiger partial charge in [-0.05, 0) is 97.6 Å². The Bertz CT molecular complexity index is 1470. The average molecular weight is 603 g/mol. The van der Waals surface area contributed by atoms with E-state index < -0.39 is 0 Å². The molecule has 0 aromatic heterocycles. The molecule has 5 nitrogen and oxygen atoms in total. The topological polar surface area (TPSA) is 59.7 Å². The zero-order chi connectivity index (χ0) is 31.8. The molecule has 236 valence electrons. The summed E-state index contributed by atoms with van der Waals surface area (Å²) in [6, 6.07) is 11.6. The molecule has 1 saturated heterocycles. The van der Waals surface area contributed by atoms with Crippen molar-refractivity contribution in [2.75, 3.05) is 33.2 Å². The maximum Gasteiger partial charge on any atom is 0.249 e. The van der Waals surface area contributed by atoms with Gasteiger partial charge >= 0.3 is 0 Å². The molecule has 4 aliphatic rings. The van der Waals surface area contributed by atoms with Gasteiger partial charge in [0.25, 0.3) is 0 Å². The zero-order valence-electron chi connectivity index (χ0n) is 27.6. The van der Waals surface area contributed by atoms with Crippen LogP contribution < -0.4 is 0 Å². The third-order valence-electron chi connectivity index (χ3n) is 9.81. The lowest BCUT2D eigenvalue weighted by Gasteiger charge is -2.38. The van der Waals surface area contributed by atoms with Crippen molar-refractivity contribution in [3.05, 3.63) is 100 Å². The van der Waals surface area contributed by atoms with Crippen molar-refractivity contribution in [1.82, 2.24) is 9.80 Å². The number of nitriles is 1. The van der Waals surface area contributed by atoms with Gasteiger partial charge in [0.15, 0.2) is 0 Å². The summed E-state index contributed by atoms with van der Waals surface area (Å²) in [5.41, 5.74) is 9.95. The van der Waals surface area contributed by atoms with Crippen LogP contribution in [0.3, 0.4) is 0 Å². The number of benzene rings is 1. The molecule has 0 bridgehead atoms. The summed E-state index contributed by atoms with van der Waals surface area (Å²) in [5.74, 6) is 1.03. The van der Waals surface area contributed by atoms with Crippen LogP contribution in [0.2, 0.25) is 0 Å². The van der Waals surface area contributed by atoms with E-state index in [9.17, 15) is 4.79 Å². The first-order valence-electron chi connectivity index (χ1n) is 17.0. The quantitative estimate of drug-likeness (QED) is 0.221. The number of aliphatic imine (C=N–C) groups is 1. The van der Waals surface area contributed by atoms with Crippen molar-refractivity contribution in [1.29, 1.82) is 5.26 Å². The van der Waals surface area contributed by atoms with Crippen LogP contribution >= 0.6 is 0 Å². The molecule has 1 aromatic carbocycles. The van der Waals surface area contributed by atoms with Crippen LogP contribution in [0.4, 0.5) is 0 Å². The van der Waals surface area contributed by atoms with E-state index in [0.717, 1.165) is 49.2 Å². The number of hydrogen-bond acceptors (Lipinski definition) is 4. The molecule has 0 saturated carbocycles. The monoisotopic (exact) mass is 602 g/mol. The second kappa shape index (κ2) is 15.4. The molecule has 2 aliphatic carbocycles. The highest BCUT2D eigenvalue weighted by Crippen LogP contribution is 2.37. The molecule has 45 heavy (non-hydrogen) atoms. The van der Waals surface area contributed by atoms with E-state index in [1.54, 1.807) is 5.57 Å². The predicted molar refractivity (Wildman–Crippen MR) is 187 cm³/mol. The van der Waals surface area contributed by atoms with Crippen LogP contribution in [0, 0.1) is 23.2 Å². The molecule has 1 amide bonds. The number of allylic oxidation sites excluding steroid dienone is 7. The van der Waals surface area contributed by atoms with E-state index in [1.807, 2.05) is 18.2 Å². The van der Waals surface area contributed by atoms with Crippen molar-refractivity contribution in [2.24, 2.45) is 16.8 Å². The Labute approximate surface area is 271 Å². The molecule has 2 aliphatic heterocycles. The lowest BCUT2D eigenvalue weighted by Crippen LogP contribution is -2.50. The van der Waals surface area contributed by atoms with E-state index in [1.165, 1.54) is 60.8 Å². The summed E-state index contributed by atoms with van der Waals surface area (Å²) < 4.78 is 0. The summed E-state index contributed by atoms with van der Waals surface area (Å²) >= 11 is 0. The lowest BCUT2D eigenvalue weighted by molar-refractivity contribution is -0.132. The Kier molecular flexibility index (Phi) is 11.1. The van der Waals surface area contributed by atoms with E-state index >= 15 is 0 Å². The van der Waals surface area contributed by atoms with Crippen molar-refractivity contribution in [2.45, 2.75) is 77.6 Å². The van der Waals surface area contributed by atoms with Crippen molar-refractivity contribution >= 4 is 17.7 Å². The van der Waals surface area contributed by atoms with Gasteiger partial charge in [-0.25, -0.2) is 0 Å². The minimum Gasteiger partial charge on any atom is -0.370 e. The first kappa shape index (κ1) is 32.5. The molecule has 1 aromatic rings. The van der Waals surface area contributed by atoms with E-state index in [4.69, 9.17) is 5.26 Å². The van der Waals surface area contributed by atoms with Crippen LogP contribution in [0.5, 0.6) is 0 Å². The minimum atomic E-state index is -0.0180. The Morgan fingerprint density at radius 2 is 1.89 bits per heavy atom. The summed E-state index contributed by atoms with van der Waals surface area (Å²) in [6.07, 6.45) is 23.0. The molecule has 0 N–H and O–H groups in total. The van der Waals surface area contributed by atoms with Gasteiger partial charge in [0.05, 0.1) is 12.0 Å². The molecule has 2 heterocycles. The van der Waals surface area contributed by atoms with Crippen LogP contribution in [0.15, 0.2) is 94.2 Å². The zero-order valence-corrected chi connectivity index (χ0v) is 27.6. The minimum absolute atomic E-state index is 0.0180. The van der Waals surface area contributed by atoms with Crippen molar-refractivity contribution in [3.63, 3.8) is 0 Å². The smallest absolute Gasteiger partial charge is 0.249 e. The average Bonchev–Trinajstić information content (AvgIpc) is 3.25. The van der Waals surface area contributed by atoms with Gasteiger partial charge in [-0.3, -0.25) is 9.79 Å². The molecule has 5 rings (SSSR count). The fourth-order valence-corrected chi connectivity index (χ4v) is 7.26. The van der Waals surface area contributed by atoms with Gasteiger partial charge in [0.1, 0.15) is 0 Å². The van der Waals surface area contributed by atoms with E-state index in [0.29, 0.717) is 24.9 Å². The molecule has 0 radical (unpaired) electrons. The Balaban J connectivity index is 1.31. The first-order chi connectivity index (χ1) is 21.9. The van der Waals surface area contributed by atoms with Crippen molar-refractivity contribution < 1.29 is 4.79 Å². The second-order valence-electron chi connectivity index (χ2n) is 13.3. The molecule has 1 unspecified atom stereocenters. The van der Waals surface area contributed by atoms with Gasteiger partial charge in [-0.1, -0.05) is 74.9 Å². The van der Waals surface area contributed by atoms with E-state index in [2.05, 4.69) is 91.0 Å². The summed E-state index contributed by atoms with van der Waals surface area (Å²) in [4.78, 5) is 21.7. The van der Waals surface area contributed by atoms with Gasteiger partial charge in [0.2, 0.25) is 5.91 Å². The van der Waals surface area contributed by atoms with Crippen LogP contribution in [0.1, 0.15) is 88.7 Å². The Morgan fingerprint density at radius 1 is 1.09 bits per heavy atom. The van der Waals surface area contributed by atoms with Gasteiger partial charge in [-0.2, -0.15) is 5.26 Å². The largest absolute Gasteiger partial charge is 0.370 e. The van der Waals surface area contributed by atoms with Crippen molar-refractivity contribution in [3.8, 4) is 6.07 Å². The normalized spacial score (nSPS) is 24.8. The van der Waals surface area contributed by atoms with Crippen LogP contribution in [-0.4, -0.2) is 55.1 Å². The highest BCUT2D eigenvalue weighted by atomic mass is 16.2. The lowest BCUT2D eigenvalue weighted by atomic mass is 9.86. The Hall–Kier alpha value is -3.91. The number of likely N-dealkylation sites (tertiary alicyclic amines) is 1. The summed E-state index contributed by atoms with van der Waals surface area (Å²) in [6.45, 7) is 11.8. The maximum absolute atomic E-state index is 13.1. The number of nitrogens with zero attached hydrogens (tertiary/aromatic N) is 4. The van der Waals surface area contributed by atoms with Gasteiger partial charge < -0.3 is 9.80 Å². The fraction of sp³-hybridized carbons (Fsp3) is 0.475. The molecule has 1 fully saturated rings. The third-order valence-corrected chi connectivity index (χ3v) is 9.81. The Morgan fingerprint density at radius 3 is 2.62 bits per heavy atom. The third kappa shape index (κ3) is 8.03. The molecular weight excluding hydrogens is 552 g/mol. The second-order valence-corrected chi connectivity index (χ2v) is 13.3. The summed E-state index contributed by atoms with van der Waals surface area (Å²) in [7, 11) is 1.81. The van der Waals surface area contributed by atoms with Gasteiger partial charge in [-0.15, -0.1) is 0 Å². The predicted octanol–water partition coefficient (Wildman–Crippen LogP) is 8.57. The number of carbonyl (C=O) groups is 1. The van der Waals surface area contributed by atoms with Crippen LogP contribution in [0.25, 0.3) is 5.57 Å². The number of rotatable bonds is 8. The fourth-order valence-electron chi connectivity index (χ4n) is 7.26. The first-order valence-corrected chi connectivity index (χ1v) is 17.0. The van der Waals surface area contributed by atoms with Crippen LogP contribution in [-0.2, 0) is 4.79 Å². The highest BCUT2D eigenvalue weighted by molar-refractivity contribution is 5.94. The molecule has 5 heteroatoms.